The number of rotatable bonds is 9. The summed E-state index contributed by atoms with van der Waals surface area (Å²) in [5.74, 6) is 0.168. The second kappa shape index (κ2) is 10.5. The first kappa shape index (κ1) is 20.7. The molecule has 0 spiro atoms. The number of carbonyl (C=O) groups excluding carboxylic acids is 2. The zero-order chi connectivity index (χ0) is 19.6. The third kappa shape index (κ3) is 6.24. The SMILES string of the molecule is CCC(CC)C(NC(=O)CC(NC(C)=O)c1ccccc1)c1ccccc1. The summed E-state index contributed by atoms with van der Waals surface area (Å²) in [6, 6.07) is 19.4. The maximum atomic E-state index is 12.9. The first-order valence-corrected chi connectivity index (χ1v) is 9.71. The molecular weight excluding hydrogens is 336 g/mol. The summed E-state index contributed by atoms with van der Waals surface area (Å²) in [5, 5.41) is 6.12. The summed E-state index contributed by atoms with van der Waals surface area (Å²) in [6.07, 6.45) is 2.20. The quantitative estimate of drug-likeness (QED) is 0.684. The normalized spacial score (nSPS) is 13.0. The van der Waals surface area contributed by atoms with E-state index < -0.39 is 0 Å². The molecule has 0 aromatic heterocycles. The van der Waals surface area contributed by atoms with Gasteiger partial charge < -0.3 is 10.6 Å². The van der Waals surface area contributed by atoms with Gasteiger partial charge in [-0.15, -0.1) is 0 Å². The lowest BCUT2D eigenvalue weighted by molar-refractivity contribution is -0.123. The number of benzene rings is 2. The Morgan fingerprint density at radius 2 is 1.33 bits per heavy atom. The molecule has 0 bridgehead atoms. The van der Waals surface area contributed by atoms with Crippen LogP contribution in [0.5, 0.6) is 0 Å². The molecule has 0 saturated heterocycles. The van der Waals surface area contributed by atoms with E-state index in [9.17, 15) is 9.59 Å². The predicted octanol–water partition coefficient (Wildman–Crippen LogP) is 4.55. The van der Waals surface area contributed by atoms with E-state index in [1.165, 1.54) is 6.92 Å². The molecule has 2 N–H and O–H groups in total. The molecule has 4 nitrogen and oxygen atoms in total. The highest BCUT2D eigenvalue weighted by molar-refractivity contribution is 5.79. The fraction of sp³-hybridized carbons (Fsp3) is 0.391. The molecule has 27 heavy (non-hydrogen) atoms. The first-order valence-electron chi connectivity index (χ1n) is 9.71. The highest BCUT2D eigenvalue weighted by Gasteiger charge is 2.24. The van der Waals surface area contributed by atoms with E-state index in [4.69, 9.17) is 0 Å². The summed E-state index contributed by atoms with van der Waals surface area (Å²) in [7, 11) is 0. The van der Waals surface area contributed by atoms with Crippen LogP contribution in [-0.2, 0) is 9.59 Å². The lowest BCUT2D eigenvalue weighted by Gasteiger charge is -2.28. The van der Waals surface area contributed by atoms with Crippen molar-refractivity contribution >= 4 is 11.8 Å². The van der Waals surface area contributed by atoms with E-state index in [0.29, 0.717) is 5.92 Å². The topological polar surface area (TPSA) is 58.2 Å². The van der Waals surface area contributed by atoms with Crippen LogP contribution in [0, 0.1) is 5.92 Å². The Hall–Kier alpha value is -2.62. The van der Waals surface area contributed by atoms with Crippen molar-refractivity contribution in [2.75, 3.05) is 0 Å². The molecule has 144 valence electrons. The van der Waals surface area contributed by atoms with Gasteiger partial charge in [0.05, 0.1) is 18.5 Å². The van der Waals surface area contributed by atoms with Crippen molar-refractivity contribution in [3.63, 3.8) is 0 Å². The molecule has 2 atom stereocenters. The third-order valence-corrected chi connectivity index (χ3v) is 4.96. The maximum Gasteiger partial charge on any atom is 0.222 e. The van der Waals surface area contributed by atoms with Crippen molar-refractivity contribution in [2.45, 2.75) is 52.1 Å². The molecule has 0 heterocycles. The second-order valence-corrected chi connectivity index (χ2v) is 6.90. The van der Waals surface area contributed by atoms with Gasteiger partial charge in [0.25, 0.3) is 0 Å². The van der Waals surface area contributed by atoms with Crippen molar-refractivity contribution in [1.82, 2.24) is 10.6 Å². The Labute approximate surface area is 162 Å². The van der Waals surface area contributed by atoms with Gasteiger partial charge in [0, 0.05) is 6.92 Å². The lowest BCUT2D eigenvalue weighted by atomic mass is 9.88. The predicted molar refractivity (Wildman–Crippen MR) is 109 cm³/mol. The van der Waals surface area contributed by atoms with Crippen LogP contribution in [0.25, 0.3) is 0 Å². The van der Waals surface area contributed by atoms with E-state index in [1.807, 2.05) is 48.5 Å². The minimum absolute atomic E-state index is 0.0255. The second-order valence-electron chi connectivity index (χ2n) is 6.90. The van der Waals surface area contributed by atoms with Crippen LogP contribution < -0.4 is 10.6 Å². The number of amides is 2. The summed E-state index contributed by atoms with van der Waals surface area (Å²) >= 11 is 0. The molecule has 2 rings (SSSR count). The number of hydrogen-bond acceptors (Lipinski definition) is 2. The highest BCUT2D eigenvalue weighted by Crippen LogP contribution is 2.28. The summed E-state index contributed by atoms with van der Waals surface area (Å²) < 4.78 is 0. The molecule has 4 heteroatoms. The zero-order valence-corrected chi connectivity index (χ0v) is 16.4. The largest absolute Gasteiger partial charge is 0.349 e. The van der Waals surface area contributed by atoms with Gasteiger partial charge in [-0.3, -0.25) is 9.59 Å². The van der Waals surface area contributed by atoms with Crippen molar-refractivity contribution in [2.24, 2.45) is 5.92 Å². The van der Waals surface area contributed by atoms with Crippen LogP contribution in [0.4, 0.5) is 0 Å². The van der Waals surface area contributed by atoms with Crippen molar-refractivity contribution in [3.8, 4) is 0 Å². The smallest absolute Gasteiger partial charge is 0.222 e. The Bertz CT molecular complexity index is 712. The molecular formula is C23H30N2O2. The van der Waals surface area contributed by atoms with Crippen LogP contribution in [0.3, 0.4) is 0 Å². The summed E-state index contributed by atoms with van der Waals surface area (Å²) in [6.45, 7) is 5.78. The molecule has 0 fully saturated rings. The van der Waals surface area contributed by atoms with Crippen LogP contribution in [0.15, 0.2) is 60.7 Å². The van der Waals surface area contributed by atoms with E-state index in [2.05, 4.69) is 36.6 Å². The van der Waals surface area contributed by atoms with Gasteiger partial charge in [0.2, 0.25) is 11.8 Å². The zero-order valence-electron chi connectivity index (χ0n) is 16.4. The molecule has 0 aliphatic rings. The van der Waals surface area contributed by atoms with E-state index in [0.717, 1.165) is 24.0 Å². The Morgan fingerprint density at radius 1 is 0.815 bits per heavy atom. The van der Waals surface area contributed by atoms with Gasteiger partial charge in [-0.1, -0.05) is 87.4 Å². The maximum absolute atomic E-state index is 12.9. The standard InChI is InChI=1S/C23H30N2O2/c1-4-18(5-2)23(20-14-10-7-11-15-20)25-22(27)16-21(24-17(3)26)19-12-8-6-9-13-19/h6-15,18,21,23H,4-5,16H2,1-3H3,(H,24,26)(H,25,27). The van der Waals surface area contributed by atoms with Crippen LogP contribution in [0.1, 0.15) is 63.2 Å². The van der Waals surface area contributed by atoms with Gasteiger partial charge in [-0.2, -0.15) is 0 Å². The fourth-order valence-corrected chi connectivity index (χ4v) is 3.49. The Morgan fingerprint density at radius 3 is 1.81 bits per heavy atom. The Balaban J connectivity index is 2.16. The van der Waals surface area contributed by atoms with E-state index in [1.54, 1.807) is 0 Å². The molecule has 2 aromatic carbocycles. The van der Waals surface area contributed by atoms with Gasteiger partial charge in [-0.25, -0.2) is 0 Å². The monoisotopic (exact) mass is 366 g/mol. The highest BCUT2D eigenvalue weighted by atomic mass is 16.2. The minimum atomic E-state index is -0.332. The van der Waals surface area contributed by atoms with Crippen LogP contribution in [0.2, 0.25) is 0 Å². The van der Waals surface area contributed by atoms with Gasteiger partial charge in [-0.05, 0) is 17.0 Å². The fourth-order valence-electron chi connectivity index (χ4n) is 3.49. The number of carbonyl (C=O) groups is 2. The van der Waals surface area contributed by atoms with Crippen molar-refractivity contribution in [3.05, 3.63) is 71.8 Å². The Kier molecular flexibility index (Phi) is 8.05. The van der Waals surface area contributed by atoms with Gasteiger partial charge in [0.1, 0.15) is 0 Å². The van der Waals surface area contributed by atoms with Crippen molar-refractivity contribution in [1.29, 1.82) is 0 Å². The first-order chi connectivity index (χ1) is 13.0. The molecule has 0 saturated carbocycles. The van der Waals surface area contributed by atoms with Gasteiger partial charge >= 0.3 is 0 Å². The molecule has 2 unspecified atom stereocenters. The molecule has 2 amide bonds. The average molecular weight is 367 g/mol. The molecule has 0 aliphatic carbocycles. The lowest BCUT2D eigenvalue weighted by Crippen LogP contribution is -2.36. The van der Waals surface area contributed by atoms with Crippen molar-refractivity contribution < 1.29 is 9.59 Å². The average Bonchev–Trinajstić information content (AvgIpc) is 2.68. The molecule has 0 radical (unpaired) electrons. The van der Waals surface area contributed by atoms with Crippen LogP contribution in [-0.4, -0.2) is 11.8 Å². The summed E-state index contributed by atoms with van der Waals surface area (Å²) in [5.41, 5.74) is 2.05. The molecule has 2 aromatic rings. The van der Waals surface area contributed by atoms with Gasteiger partial charge in [0.15, 0.2) is 0 Å². The van der Waals surface area contributed by atoms with E-state index in [-0.39, 0.29) is 30.3 Å². The molecule has 0 aliphatic heterocycles. The number of hydrogen-bond donors (Lipinski definition) is 2. The van der Waals surface area contributed by atoms with E-state index >= 15 is 0 Å². The minimum Gasteiger partial charge on any atom is -0.349 e. The van der Waals surface area contributed by atoms with Crippen LogP contribution >= 0.6 is 0 Å². The summed E-state index contributed by atoms with van der Waals surface area (Å²) in [4.78, 5) is 24.5. The third-order valence-electron chi connectivity index (χ3n) is 4.96. The number of nitrogens with one attached hydrogen (secondary N) is 2.